The smallest absolute Gasteiger partial charge is 0.145 e. The summed E-state index contributed by atoms with van der Waals surface area (Å²) in [5, 5.41) is 15.4. The molecule has 0 aliphatic carbocycles. The van der Waals surface area contributed by atoms with Crippen LogP contribution in [0.3, 0.4) is 0 Å². The van der Waals surface area contributed by atoms with Crippen molar-refractivity contribution in [3.63, 3.8) is 0 Å². The molecule has 1 aliphatic rings. The van der Waals surface area contributed by atoms with E-state index in [0.29, 0.717) is 13.0 Å². The van der Waals surface area contributed by atoms with E-state index in [1.165, 1.54) is 4.88 Å². The molecule has 3 heterocycles. The minimum atomic E-state index is -0.950. The molecule has 5 heteroatoms. The zero-order valence-corrected chi connectivity index (χ0v) is 16.3. The van der Waals surface area contributed by atoms with Gasteiger partial charge in [0.2, 0.25) is 0 Å². The summed E-state index contributed by atoms with van der Waals surface area (Å²) in [5.74, 6) is 1.77. The van der Waals surface area contributed by atoms with Crippen LogP contribution in [0.1, 0.15) is 23.6 Å². The predicted molar refractivity (Wildman–Crippen MR) is 108 cm³/mol. The molecule has 3 nitrogen and oxygen atoms in total. The number of aliphatic hydroxyl groups is 1. The highest BCUT2D eigenvalue weighted by molar-refractivity contribution is 7.20. The molecule has 134 valence electrons. The Labute approximate surface area is 161 Å². The average Bonchev–Trinajstić information content (AvgIpc) is 3.10. The zero-order valence-electron chi connectivity index (χ0n) is 14.7. The lowest BCUT2D eigenvalue weighted by Crippen LogP contribution is -2.24. The van der Waals surface area contributed by atoms with Gasteiger partial charge in [-0.05, 0) is 53.6 Å². The highest BCUT2D eigenvalue weighted by Gasteiger charge is 2.28. The lowest BCUT2D eigenvalue weighted by atomic mass is 9.88. The second-order valence-corrected chi connectivity index (χ2v) is 8.43. The molecule has 3 aromatic rings. The minimum Gasteiger partial charge on any atom is -0.496 e. The third-order valence-electron chi connectivity index (χ3n) is 4.46. The Morgan fingerprint density at radius 2 is 2.08 bits per heavy atom. The van der Waals surface area contributed by atoms with Crippen LogP contribution in [0, 0.1) is 0 Å². The number of hydrogen-bond acceptors (Lipinski definition) is 5. The first kappa shape index (κ1) is 17.3. The second kappa shape index (κ2) is 6.91. The lowest BCUT2D eigenvalue weighted by molar-refractivity contribution is 0.0586. The van der Waals surface area contributed by atoms with Crippen molar-refractivity contribution in [2.24, 2.45) is 0 Å². The molecule has 1 atom stereocenters. The molecule has 0 bridgehead atoms. The van der Waals surface area contributed by atoms with Gasteiger partial charge in [0.25, 0.3) is 0 Å². The molecule has 1 N–H and O–H groups in total. The molecule has 0 amide bonds. The summed E-state index contributed by atoms with van der Waals surface area (Å²) in [6, 6.07) is 12.2. The van der Waals surface area contributed by atoms with Gasteiger partial charge in [0.1, 0.15) is 18.1 Å². The van der Waals surface area contributed by atoms with E-state index in [4.69, 9.17) is 9.47 Å². The number of benzene rings is 1. The number of ether oxygens (including phenoxy) is 2. The Balaban J connectivity index is 1.64. The van der Waals surface area contributed by atoms with Crippen LogP contribution in [0.2, 0.25) is 0 Å². The maximum Gasteiger partial charge on any atom is 0.145 e. The van der Waals surface area contributed by atoms with E-state index < -0.39 is 5.60 Å². The van der Waals surface area contributed by atoms with Crippen molar-refractivity contribution < 1.29 is 14.6 Å². The van der Waals surface area contributed by atoms with Gasteiger partial charge in [-0.15, -0.1) is 22.7 Å². The molecule has 1 fully saturated rings. The second-order valence-electron chi connectivity index (χ2n) is 6.57. The van der Waals surface area contributed by atoms with Gasteiger partial charge in [0.05, 0.1) is 17.6 Å². The Kier molecular flexibility index (Phi) is 4.61. The van der Waals surface area contributed by atoms with Crippen LogP contribution < -0.4 is 4.74 Å². The van der Waals surface area contributed by atoms with Crippen molar-refractivity contribution in [3.05, 3.63) is 69.6 Å². The van der Waals surface area contributed by atoms with Crippen LogP contribution in [0.25, 0.3) is 15.8 Å². The molecule has 26 heavy (non-hydrogen) atoms. The third-order valence-corrected chi connectivity index (χ3v) is 6.42. The van der Waals surface area contributed by atoms with E-state index in [1.54, 1.807) is 29.8 Å². The monoisotopic (exact) mass is 384 g/mol. The first-order valence-electron chi connectivity index (χ1n) is 8.41. The van der Waals surface area contributed by atoms with Crippen LogP contribution in [0.15, 0.2) is 52.9 Å². The summed E-state index contributed by atoms with van der Waals surface area (Å²) in [4.78, 5) is 2.34. The largest absolute Gasteiger partial charge is 0.496 e. The molecule has 0 spiro atoms. The van der Waals surface area contributed by atoms with E-state index in [2.05, 4.69) is 17.5 Å². The Morgan fingerprint density at radius 1 is 1.23 bits per heavy atom. The standard InChI is InChI=1S/C21H20O3S2/c1-21(22,17-7-9-26-20(17)19-4-3-8-25-19)12-14-5-6-18(23-2)15(10-14)11-16-13-24-16/h3-11,22H,12-13H2,1-2H3/b16-11-. The summed E-state index contributed by atoms with van der Waals surface area (Å²) < 4.78 is 10.7. The van der Waals surface area contributed by atoms with E-state index in [0.717, 1.165) is 33.1 Å². The van der Waals surface area contributed by atoms with Gasteiger partial charge in [-0.1, -0.05) is 12.1 Å². The quantitative estimate of drug-likeness (QED) is 0.586. The van der Waals surface area contributed by atoms with E-state index >= 15 is 0 Å². The molecule has 4 rings (SSSR count). The van der Waals surface area contributed by atoms with Gasteiger partial charge in [-0.3, -0.25) is 0 Å². The van der Waals surface area contributed by atoms with E-state index in [1.807, 2.05) is 42.6 Å². The SMILES string of the molecule is COc1ccc(CC(C)(O)c2ccsc2-c2cccs2)cc1/C=C1/CO1. The van der Waals surface area contributed by atoms with Crippen molar-refractivity contribution in [2.75, 3.05) is 13.7 Å². The molecule has 1 aromatic carbocycles. The van der Waals surface area contributed by atoms with Crippen molar-refractivity contribution in [3.8, 4) is 15.5 Å². The number of thiophene rings is 2. The first-order valence-corrected chi connectivity index (χ1v) is 10.2. The van der Waals surface area contributed by atoms with Crippen LogP contribution >= 0.6 is 22.7 Å². The van der Waals surface area contributed by atoms with Crippen molar-refractivity contribution in [1.29, 1.82) is 0 Å². The predicted octanol–water partition coefficient (Wildman–Crippen LogP) is 5.31. The van der Waals surface area contributed by atoms with Crippen LogP contribution in [0.5, 0.6) is 5.75 Å². The first-order chi connectivity index (χ1) is 12.6. The highest BCUT2D eigenvalue weighted by atomic mass is 32.1. The molecule has 0 radical (unpaired) electrons. The molecular weight excluding hydrogens is 364 g/mol. The zero-order chi connectivity index (χ0) is 18.1. The molecule has 1 unspecified atom stereocenters. The van der Waals surface area contributed by atoms with Gasteiger partial charge in [0, 0.05) is 22.4 Å². The van der Waals surface area contributed by atoms with Gasteiger partial charge in [-0.25, -0.2) is 0 Å². The summed E-state index contributed by atoms with van der Waals surface area (Å²) >= 11 is 3.37. The van der Waals surface area contributed by atoms with Gasteiger partial charge in [-0.2, -0.15) is 0 Å². The van der Waals surface area contributed by atoms with Crippen molar-refractivity contribution in [2.45, 2.75) is 18.9 Å². The van der Waals surface area contributed by atoms with E-state index in [-0.39, 0.29) is 0 Å². The molecule has 2 aromatic heterocycles. The Hall–Kier alpha value is -2.08. The summed E-state index contributed by atoms with van der Waals surface area (Å²) in [7, 11) is 1.67. The van der Waals surface area contributed by atoms with Gasteiger partial charge in [0.15, 0.2) is 0 Å². The Morgan fingerprint density at radius 3 is 2.77 bits per heavy atom. The average molecular weight is 385 g/mol. The highest BCUT2D eigenvalue weighted by Crippen LogP contribution is 2.40. The van der Waals surface area contributed by atoms with Crippen molar-refractivity contribution in [1.82, 2.24) is 0 Å². The molecular formula is C21H20O3S2. The van der Waals surface area contributed by atoms with Crippen LogP contribution in [-0.4, -0.2) is 18.8 Å². The fourth-order valence-corrected chi connectivity index (χ4v) is 5.04. The normalized spacial score (nSPS) is 17.0. The lowest BCUT2D eigenvalue weighted by Gasteiger charge is -2.24. The number of hydrogen-bond donors (Lipinski definition) is 1. The number of epoxide rings is 1. The van der Waals surface area contributed by atoms with Crippen LogP contribution in [-0.2, 0) is 16.8 Å². The maximum absolute atomic E-state index is 11.3. The summed E-state index contributed by atoms with van der Waals surface area (Å²) in [5.41, 5.74) is 2.07. The van der Waals surface area contributed by atoms with Gasteiger partial charge < -0.3 is 14.6 Å². The Bertz CT molecular complexity index is 930. The van der Waals surface area contributed by atoms with E-state index in [9.17, 15) is 5.11 Å². The number of methoxy groups -OCH3 is 1. The third kappa shape index (κ3) is 3.56. The minimum absolute atomic E-state index is 0.531. The topological polar surface area (TPSA) is 42.0 Å². The molecule has 0 saturated carbocycles. The maximum atomic E-state index is 11.3. The fraction of sp³-hybridized carbons (Fsp3) is 0.238. The summed E-state index contributed by atoms with van der Waals surface area (Å²) in [6.45, 7) is 2.57. The molecule has 1 saturated heterocycles. The number of rotatable bonds is 6. The summed E-state index contributed by atoms with van der Waals surface area (Å²) in [6.07, 6.45) is 2.53. The van der Waals surface area contributed by atoms with Crippen LogP contribution in [0.4, 0.5) is 0 Å². The van der Waals surface area contributed by atoms with Gasteiger partial charge >= 0.3 is 0 Å². The molecule has 1 aliphatic heterocycles. The fourth-order valence-electron chi connectivity index (χ4n) is 3.13. The van der Waals surface area contributed by atoms with Crippen molar-refractivity contribution >= 4 is 28.7 Å².